The number of benzene rings is 2. The van der Waals surface area contributed by atoms with Crippen LogP contribution >= 0.6 is 34.8 Å². The summed E-state index contributed by atoms with van der Waals surface area (Å²) in [5, 5.41) is 5.32. The largest absolute Gasteiger partial charge is 0.466 e. The highest BCUT2D eigenvalue weighted by molar-refractivity contribution is 6.68. The summed E-state index contributed by atoms with van der Waals surface area (Å²) in [5.41, 5.74) is 0.960. The topological polar surface area (TPSA) is 50.4 Å². The van der Waals surface area contributed by atoms with Crippen molar-refractivity contribution < 1.29 is 9.53 Å². The molecule has 2 aromatic carbocycles. The molecule has 24 heavy (non-hydrogen) atoms. The molecule has 0 heterocycles. The van der Waals surface area contributed by atoms with Crippen LogP contribution in [-0.2, 0) is 0 Å². The van der Waals surface area contributed by atoms with Crippen LogP contribution < -0.4 is 15.4 Å². The summed E-state index contributed by atoms with van der Waals surface area (Å²) in [6.07, 6.45) is -1.15. The Balaban J connectivity index is 2.00. The summed E-state index contributed by atoms with van der Waals surface area (Å²) in [6.45, 7) is 1.86. The summed E-state index contributed by atoms with van der Waals surface area (Å²) in [7, 11) is 0. The lowest BCUT2D eigenvalue weighted by atomic mass is 10.1. The SMILES string of the molecule is CC(NC(=O)NC(Oc1ccccc1)C(Cl)(Cl)Cl)c1ccccc1. The van der Waals surface area contributed by atoms with E-state index in [0.717, 1.165) is 5.56 Å². The molecular weight excluding hydrogens is 371 g/mol. The molecule has 2 atom stereocenters. The highest BCUT2D eigenvalue weighted by Gasteiger charge is 2.36. The number of ether oxygens (including phenoxy) is 1. The Bertz CT molecular complexity index is 648. The van der Waals surface area contributed by atoms with Crippen LogP contribution in [0.2, 0.25) is 0 Å². The second kappa shape index (κ2) is 8.47. The van der Waals surface area contributed by atoms with Crippen molar-refractivity contribution in [1.82, 2.24) is 10.6 Å². The molecule has 0 aromatic heterocycles. The zero-order valence-corrected chi connectivity index (χ0v) is 15.1. The molecule has 0 spiro atoms. The molecule has 4 nitrogen and oxygen atoms in total. The smallest absolute Gasteiger partial charge is 0.318 e. The van der Waals surface area contributed by atoms with Gasteiger partial charge in [-0.05, 0) is 24.6 Å². The van der Waals surface area contributed by atoms with Gasteiger partial charge in [0.25, 0.3) is 0 Å². The molecule has 2 unspecified atom stereocenters. The Morgan fingerprint density at radius 2 is 1.50 bits per heavy atom. The summed E-state index contributed by atoms with van der Waals surface area (Å²) in [5.74, 6) is 0.477. The van der Waals surface area contributed by atoms with Gasteiger partial charge in [-0.25, -0.2) is 4.79 Å². The Kier molecular flexibility index (Phi) is 6.60. The molecule has 0 saturated carbocycles. The minimum absolute atomic E-state index is 0.209. The zero-order valence-electron chi connectivity index (χ0n) is 12.9. The molecule has 0 saturated heterocycles. The quantitative estimate of drug-likeness (QED) is 0.571. The molecule has 7 heteroatoms. The van der Waals surface area contributed by atoms with Crippen molar-refractivity contribution >= 4 is 40.8 Å². The second-order valence-electron chi connectivity index (χ2n) is 5.10. The summed E-state index contributed by atoms with van der Waals surface area (Å²) < 4.78 is 3.74. The monoisotopic (exact) mass is 386 g/mol. The molecule has 0 radical (unpaired) electrons. The molecule has 0 bridgehead atoms. The van der Waals surface area contributed by atoms with E-state index in [0.29, 0.717) is 5.75 Å². The van der Waals surface area contributed by atoms with Crippen molar-refractivity contribution in [3.05, 3.63) is 66.2 Å². The zero-order chi connectivity index (χ0) is 17.6. The third-order valence-corrected chi connectivity index (χ3v) is 3.80. The number of hydrogen-bond acceptors (Lipinski definition) is 2. The van der Waals surface area contributed by atoms with E-state index >= 15 is 0 Å². The van der Waals surface area contributed by atoms with E-state index < -0.39 is 16.1 Å². The predicted molar refractivity (Wildman–Crippen MR) is 97.7 cm³/mol. The first-order valence-electron chi connectivity index (χ1n) is 7.26. The lowest BCUT2D eigenvalue weighted by Gasteiger charge is -2.27. The number of para-hydroxylation sites is 1. The maximum absolute atomic E-state index is 12.2. The average Bonchev–Trinajstić information content (AvgIpc) is 2.55. The lowest BCUT2D eigenvalue weighted by molar-refractivity contribution is 0.164. The first-order chi connectivity index (χ1) is 11.4. The number of urea groups is 1. The summed E-state index contributed by atoms with van der Waals surface area (Å²) in [4.78, 5) is 12.2. The van der Waals surface area contributed by atoms with Crippen LogP contribution in [0.4, 0.5) is 4.79 Å². The number of carbonyl (C=O) groups excluding carboxylic acids is 1. The van der Waals surface area contributed by atoms with Gasteiger partial charge in [0.05, 0.1) is 6.04 Å². The third kappa shape index (κ3) is 5.78. The number of amides is 2. The number of alkyl halides is 3. The average molecular weight is 388 g/mol. The third-order valence-electron chi connectivity index (χ3n) is 3.20. The number of halogens is 3. The van der Waals surface area contributed by atoms with Crippen molar-refractivity contribution in [2.24, 2.45) is 0 Å². The molecule has 2 aromatic rings. The molecule has 0 aliphatic heterocycles. The maximum Gasteiger partial charge on any atom is 0.318 e. The second-order valence-corrected chi connectivity index (χ2v) is 7.47. The predicted octanol–water partition coefficient (Wildman–Crippen LogP) is 4.82. The molecule has 2 N–H and O–H groups in total. The van der Waals surface area contributed by atoms with Gasteiger partial charge in [-0.2, -0.15) is 0 Å². The Hall–Kier alpha value is -1.62. The lowest BCUT2D eigenvalue weighted by Crippen LogP contribution is -2.51. The van der Waals surface area contributed by atoms with Crippen LogP contribution in [0.5, 0.6) is 5.75 Å². The number of hydrogen-bond donors (Lipinski definition) is 2. The fraction of sp³-hybridized carbons (Fsp3) is 0.235. The van der Waals surface area contributed by atoms with Crippen molar-refractivity contribution in [2.45, 2.75) is 23.0 Å². The number of rotatable bonds is 5. The van der Waals surface area contributed by atoms with Crippen molar-refractivity contribution in [2.75, 3.05) is 0 Å². The first kappa shape index (κ1) is 18.7. The molecule has 0 aliphatic carbocycles. The van der Waals surface area contributed by atoms with E-state index in [2.05, 4.69) is 10.6 Å². The van der Waals surface area contributed by atoms with Gasteiger partial charge in [-0.15, -0.1) is 0 Å². The molecule has 0 fully saturated rings. The summed E-state index contributed by atoms with van der Waals surface area (Å²) in [6, 6.07) is 17.6. The van der Waals surface area contributed by atoms with Gasteiger partial charge in [-0.3, -0.25) is 5.32 Å². The summed E-state index contributed by atoms with van der Waals surface area (Å²) >= 11 is 17.7. The van der Waals surface area contributed by atoms with Crippen molar-refractivity contribution in [3.63, 3.8) is 0 Å². The fourth-order valence-electron chi connectivity index (χ4n) is 2.00. The van der Waals surface area contributed by atoms with Crippen molar-refractivity contribution in [1.29, 1.82) is 0 Å². The van der Waals surface area contributed by atoms with Crippen LogP contribution in [0.25, 0.3) is 0 Å². The van der Waals surface area contributed by atoms with E-state index in [1.807, 2.05) is 43.3 Å². The molecule has 2 rings (SSSR count). The van der Waals surface area contributed by atoms with Crippen LogP contribution in [0.1, 0.15) is 18.5 Å². The van der Waals surface area contributed by atoms with E-state index in [1.54, 1.807) is 24.3 Å². The van der Waals surface area contributed by atoms with Gasteiger partial charge >= 0.3 is 6.03 Å². The van der Waals surface area contributed by atoms with Gasteiger partial charge in [0.2, 0.25) is 10.0 Å². The Morgan fingerprint density at radius 1 is 0.958 bits per heavy atom. The van der Waals surface area contributed by atoms with E-state index in [4.69, 9.17) is 39.5 Å². The van der Waals surface area contributed by atoms with Crippen molar-refractivity contribution in [3.8, 4) is 5.75 Å². The molecule has 128 valence electrons. The number of nitrogens with one attached hydrogen (secondary N) is 2. The van der Waals surface area contributed by atoms with Crippen LogP contribution in [0.15, 0.2) is 60.7 Å². The van der Waals surface area contributed by atoms with Gasteiger partial charge in [0, 0.05) is 0 Å². The van der Waals surface area contributed by atoms with Gasteiger partial charge in [0.15, 0.2) is 0 Å². The van der Waals surface area contributed by atoms with Crippen LogP contribution in [0.3, 0.4) is 0 Å². The first-order valence-corrected chi connectivity index (χ1v) is 8.40. The minimum atomic E-state index is -1.83. The maximum atomic E-state index is 12.2. The van der Waals surface area contributed by atoms with E-state index in [-0.39, 0.29) is 6.04 Å². The van der Waals surface area contributed by atoms with E-state index in [1.165, 1.54) is 0 Å². The van der Waals surface area contributed by atoms with Gasteiger partial charge in [-0.1, -0.05) is 83.3 Å². The van der Waals surface area contributed by atoms with Gasteiger partial charge in [0.1, 0.15) is 5.75 Å². The van der Waals surface area contributed by atoms with Gasteiger partial charge < -0.3 is 10.1 Å². The number of carbonyl (C=O) groups is 1. The Labute approximate surface area is 156 Å². The minimum Gasteiger partial charge on any atom is -0.466 e. The molecule has 2 amide bonds. The standard InChI is InChI=1S/C17H17Cl3N2O2/c1-12(13-8-4-2-5-9-13)21-16(23)22-15(17(18,19)20)24-14-10-6-3-7-11-14/h2-12,15H,1H3,(H2,21,22,23). The molecular formula is C17H17Cl3N2O2. The van der Waals surface area contributed by atoms with Crippen LogP contribution in [0, 0.1) is 0 Å². The normalized spacial score (nSPS) is 13.7. The highest BCUT2D eigenvalue weighted by atomic mass is 35.6. The fourth-order valence-corrected chi connectivity index (χ4v) is 2.29. The van der Waals surface area contributed by atoms with E-state index in [9.17, 15) is 4.79 Å². The molecule has 0 aliphatic rings. The Morgan fingerprint density at radius 3 is 2.04 bits per heavy atom. The highest BCUT2D eigenvalue weighted by Crippen LogP contribution is 2.31. The van der Waals surface area contributed by atoms with Crippen LogP contribution in [-0.4, -0.2) is 16.1 Å².